The van der Waals surface area contributed by atoms with Crippen LogP contribution in [0.15, 0.2) is 36.4 Å². The lowest BCUT2D eigenvalue weighted by Gasteiger charge is -2.00. The lowest BCUT2D eigenvalue weighted by atomic mass is 10.2. The molecule has 2 N–H and O–H groups in total. The van der Waals surface area contributed by atoms with Crippen molar-refractivity contribution in [1.82, 2.24) is 4.98 Å². The fraction of sp³-hybridized carbons (Fsp3) is 0. The number of pyridine rings is 1. The fourth-order valence-electron chi connectivity index (χ4n) is 1.40. The fourth-order valence-corrected chi connectivity index (χ4v) is 1.40. The number of hydrogen-bond donors (Lipinski definition) is 2. The molecule has 16 heavy (non-hydrogen) atoms. The third-order valence-corrected chi connectivity index (χ3v) is 2.12. The van der Waals surface area contributed by atoms with Crippen LogP contribution in [0, 0.1) is 0 Å². The number of aliphatic carboxylic acids is 1. The van der Waals surface area contributed by atoms with E-state index in [1.54, 1.807) is 24.3 Å². The quantitative estimate of drug-likeness (QED) is 0.752. The number of para-hydroxylation sites is 1. The minimum Gasteiger partial charge on any atom is -0.506 e. The van der Waals surface area contributed by atoms with Crippen LogP contribution in [0.2, 0.25) is 0 Å². The summed E-state index contributed by atoms with van der Waals surface area (Å²) in [5, 5.41) is 18.9. The second-order valence-corrected chi connectivity index (χ2v) is 3.26. The standard InChI is InChI=1S/C12H9NO3/c14-10-3-1-2-8-4-5-9(13-12(8)10)6-7-11(15)16/h1-7,14H,(H,15,16)/b7-6-. The van der Waals surface area contributed by atoms with Crippen molar-refractivity contribution in [3.8, 4) is 5.75 Å². The number of aromatic hydroxyl groups is 1. The molecule has 0 aliphatic carbocycles. The van der Waals surface area contributed by atoms with Crippen molar-refractivity contribution in [2.75, 3.05) is 0 Å². The van der Waals surface area contributed by atoms with Crippen LogP contribution in [0.4, 0.5) is 0 Å². The summed E-state index contributed by atoms with van der Waals surface area (Å²) in [5.74, 6) is -0.942. The Morgan fingerprint density at radius 2 is 2.06 bits per heavy atom. The van der Waals surface area contributed by atoms with Crippen LogP contribution in [0.5, 0.6) is 5.75 Å². The molecule has 0 unspecified atom stereocenters. The first-order valence-corrected chi connectivity index (χ1v) is 4.66. The molecule has 0 fully saturated rings. The van der Waals surface area contributed by atoms with Crippen molar-refractivity contribution in [3.63, 3.8) is 0 Å². The Bertz CT molecular complexity index is 575. The van der Waals surface area contributed by atoms with Crippen molar-refractivity contribution in [2.45, 2.75) is 0 Å². The van der Waals surface area contributed by atoms with Gasteiger partial charge >= 0.3 is 5.97 Å². The van der Waals surface area contributed by atoms with Gasteiger partial charge in [-0.2, -0.15) is 0 Å². The first-order valence-electron chi connectivity index (χ1n) is 4.66. The molecule has 0 spiro atoms. The lowest BCUT2D eigenvalue weighted by Crippen LogP contribution is -1.88. The average Bonchev–Trinajstić information content (AvgIpc) is 2.27. The van der Waals surface area contributed by atoms with Crippen LogP contribution < -0.4 is 0 Å². The molecule has 1 aromatic carbocycles. The normalized spacial score (nSPS) is 11.0. The second-order valence-electron chi connectivity index (χ2n) is 3.26. The number of nitrogens with zero attached hydrogens (tertiary/aromatic N) is 1. The van der Waals surface area contributed by atoms with Crippen LogP contribution in [0.25, 0.3) is 17.0 Å². The molecule has 2 rings (SSSR count). The highest BCUT2D eigenvalue weighted by Gasteiger charge is 2.00. The molecule has 80 valence electrons. The topological polar surface area (TPSA) is 70.4 Å². The number of fused-ring (bicyclic) bond motifs is 1. The van der Waals surface area contributed by atoms with Crippen LogP contribution in [0.1, 0.15) is 5.69 Å². The number of rotatable bonds is 2. The van der Waals surface area contributed by atoms with Crippen LogP contribution in [0.3, 0.4) is 0 Å². The Hall–Kier alpha value is -2.36. The molecule has 2 aromatic rings. The van der Waals surface area contributed by atoms with Gasteiger partial charge in [-0.3, -0.25) is 0 Å². The largest absolute Gasteiger partial charge is 0.506 e. The summed E-state index contributed by atoms with van der Waals surface area (Å²) in [6.45, 7) is 0. The number of benzene rings is 1. The summed E-state index contributed by atoms with van der Waals surface area (Å²) in [6, 6.07) is 8.57. The van der Waals surface area contributed by atoms with E-state index in [0.29, 0.717) is 11.2 Å². The van der Waals surface area contributed by atoms with E-state index in [1.807, 2.05) is 6.07 Å². The molecule has 0 saturated carbocycles. The van der Waals surface area contributed by atoms with Gasteiger partial charge in [-0.15, -0.1) is 0 Å². The van der Waals surface area contributed by atoms with Gasteiger partial charge in [0.15, 0.2) is 0 Å². The maximum absolute atomic E-state index is 10.3. The minimum absolute atomic E-state index is 0.0862. The van der Waals surface area contributed by atoms with E-state index >= 15 is 0 Å². The predicted octanol–water partition coefficient (Wildman–Crippen LogP) is 2.04. The Morgan fingerprint density at radius 3 is 2.81 bits per heavy atom. The molecule has 1 heterocycles. The summed E-state index contributed by atoms with van der Waals surface area (Å²) in [6.07, 6.45) is 2.39. The molecule has 0 aliphatic rings. The summed E-state index contributed by atoms with van der Waals surface area (Å²) in [5.41, 5.74) is 0.964. The average molecular weight is 215 g/mol. The van der Waals surface area contributed by atoms with E-state index in [4.69, 9.17) is 5.11 Å². The van der Waals surface area contributed by atoms with Gasteiger partial charge in [-0.05, 0) is 18.2 Å². The van der Waals surface area contributed by atoms with Crippen molar-refractivity contribution in [2.24, 2.45) is 0 Å². The van der Waals surface area contributed by atoms with Crippen LogP contribution >= 0.6 is 0 Å². The monoisotopic (exact) mass is 215 g/mol. The molecule has 0 atom stereocenters. The zero-order valence-corrected chi connectivity index (χ0v) is 8.29. The first-order chi connectivity index (χ1) is 7.66. The molecular formula is C12H9NO3. The Morgan fingerprint density at radius 1 is 1.25 bits per heavy atom. The van der Waals surface area contributed by atoms with Gasteiger partial charge in [0.1, 0.15) is 11.3 Å². The summed E-state index contributed by atoms with van der Waals surface area (Å²) in [7, 11) is 0. The molecule has 0 saturated heterocycles. The van der Waals surface area contributed by atoms with Gasteiger partial charge in [0.05, 0.1) is 5.69 Å². The summed E-state index contributed by atoms with van der Waals surface area (Å²) >= 11 is 0. The van der Waals surface area contributed by atoms with Gasteiger partial charge in [-0.25, -0.2) is 9.78 Å². The molecular weight excluding hydrogens is 206 g/mol. The van der Waals surface area contributed by atoms with Gasteiger partial charge in [0.2, 0.25) is 0 Å². The van der Waals surface area contributed by atoms with E-state index in [2.05, 4.69) is 4.98 Å². The SMILES string of the molecule is O=C(O)/C=C\c1ccc2cccc(O)c2n1. The van der Waals surface area contributed by atoms with Crippen molar-refractivity contribution in [3.05, 3.63) is 42.1 Å². The highest BCUT2D eigenvalue weighted by atomic mass is 16.4. The Labute approximate surface area is 91.5 Å². The highest BCUT2D eigenvalue weighted by molar-refractivity contribution is 5.87. The number of carboxylic acid groups (broad SMARTS) is 1. The van der Waals surface area contributed by atoms with Gasteiger partial charge in [0, 0.05) is 11.5 Å². The maximum atomic E-state index is 10.3. The van der Waals surface area contributed by atoms with Crippen LogP contribution in [-0.4, -0.2) is 21.2 Å². The Balaban J connectivity index is 2.51. The highest BCUT2D eigenvalue weighted by Crippen LogP contribution is 2.22. The number of phenols is 1. The van der Waals surface area contributed by atoms with E-state index in [0.717, 1.165) is 11.5 Å². The molecule has 0 radical (unpaired) electrons. The van der Waals surface area contributed by atoms with Crippen molar-refractivity contribution >= 4 is 22.9 Å². The van der Waals surface area contributed by atoms with E-state index < -0.39 is 5.97 Å². The number of carboxylic acids is 1. The zero-order valence-electron chi connectivity index (χ0n) is 8.29. The molecule has 0 bridgehead atoms. The molecule has 4 heteroatoms. The molecule has 0 amide bonds. The second kappa shape index (κ2) is 4.02. The van der Waals surface area contributed by atoms with Gasteiger partial charge in [-0.1, -0.05) is 18.2 Å². The number of carbonyl (C=O) groups is 1. The first kappa shape index (κ1) is 10.2. The van der Waals surface area contributed by atoms with E-state index in [1.165, 1.54) is 6.08 Å². The van der Waals surface area contributed by atoms with Gasteiger partial charge < -0.3 is 10.2 Å². The third-order valence-electron chi connectivity index (χ3n) is 2.12. The third kappa shape index (κ3) is 2.00. The molecule has 4 nitrogen and oxygen atoms in total. The lowest BCUT2D eigenvalue weighted by molar-refractivity contribution is -0.131. The molecule has 0 aliphatic heterocycles. The number of phenolic OH excluding ortho intramolecular Hbond substituents is 1. The summed E-state index contributed by atoms with van der Waals surface area (Å²) < 4.78 is 0. The molecule has 1 aromatic heterocycles. The van der Waals surface area contributed by atoms with Crippen LogP contribution in [-0.2, 0) is 4.79 Å². The number of aromatic nitrogens is 1. The minimum atomic E-state index is -1.03. The van der Waals surface area contributed by atoms with Gasteiger partial charge in [0.25, 0.3) is 0 Å². The predicted molar refractivity (Wildman–Crippen MR) is 60.1 cm³/mol. The summed E-state index contributed by atoms with van der Waals surface area (Å²) in [4.78, 5) is 14.5. The smallest absolute Gasteiger partial charge is 0.328 e. The Kier molecular flexibility index (Phi) is 2.55. The maximum Gasteiger partial charge on any atom is 0.328 e. The number of hydrogen-bond acceptors (Lipinski definition) is 3. The van der Waals surface area contributed by atoms with E-state index in [9.17, 15) is 9.90 Å². The van der Waals surface area contributed by atoms with Crippen molar-refractivity contribution < 1.29 is 15.0 Å². The van der Waals surface area contributed by atoms with Crippen molar-refractivity contribution in [1.29, 1.82) is 0 Å². The van der Waals surface area contributed by atoms with E-state index in [-0.39, 0.29) is 5.75 Å². The zero-order chi connectivity index (χ0) is 11.5.